The van der Waals surface area contributed by atoms with Crippen LogP contribution in [0.2, 0.25) is 0 Å². The predicted molar refractivity (Wildman–Crippen MR) is 64.8 cm³/mol. The molecule has 0 bridgehead atoms. The number of nitrogens with one attached hydrogen (secondary N) is 1. The monoisotopic (exact) mass is 245 g/mol. The molecule has 0 aromatic carbocycles. The van der Waals surface area contributed by atoms with Gasteiger partial charge in [0.1, 0.15) is 6.29 Å². The molecular formula is C12H23NO4. The smallest absolute Gasteiger partial charge is 0.222 e. The molecule has 17 heavy (non-hydrogen) atoms. The number of aldehydes is 1. The van der Waals surface area contributed by atoms with Crippen LogP contribution in [0.25, 0.3) is 0 Å². The fourth-order valence-corrected chi connectivity index (χ4v) is 1.10. The number of rotatable bonds is 9. The zero-order chi connectivity index (χ0) is 13.1. The van der Waals surface area contributed by atoms with E-state index in [4.69, 9.17) is 9.47 Å². The van der Waals surface area contributed by atoms with Gasteiger partial charge in [-0.05, 0) is 20.8 Å². The quantitative estimate of drug-likeness (QED) is 0.484. The normalized spacial score (nSPS) is 11.2. The van der Waals surface area contributed by atoms with Gasteiger partial charge in [-0.2, -0.15) is 0 Å². The summed E-state index contributed by atoms with van der Waals surface area (Å²) in [6.45, 7) is 7.53. The molecule has 0 saturated heterocycles. The van der Waals surface area contributed by atoms with Gasteiger partial charge in [0.25, 0.3) is 0 Å². The molecule has 0 radical (unpaired) electrons. The molecule has 0 aromatic heterocycles. The molecule has 0 aliphatic rings. The fraction of sp³-hybridized carbons (Fsp3) is 0.833. The second-order valence-corrected chi connectivity index (χ2v) is 4.73. The van der Waals surface area contributed by atoms with E-state index in [0.717, 1.165) is 6.29 Å². The first-order valence-corrected chi connectivity index (χ1v) is 5.86. The minimum absolute atomic E-state index is 0.0145. The van der Waals surface area contributed by atoms with Gasteiger partial charge in [-0.1, -0.05) is 0 Å². The molecule has 0 heterocycles. The zero-order valence-electron chi connectivity index (χ0n) is 11.0. The number of ether oxygens (including phenoxy) is 2. The van der Waals surface area contributed by atoms with E-state index in [1.165, 1.54) is 0 Å². The first kappa shape index (κ1) is 16.1. The molecule has 0 rings (SSSR count). The summed E-state index contributed by atoms with van der Waals surface area (Å²) in [6, 6.07) is 0. The van der Waals surface area contributed by atoms with Crippen LogP contribution in [-0.2, 0) is 19.1 Å². The van der Waals surface area contributed by atoms with Crippen LogP contribution in [0, 0.1) is 0 Å². The number of hydrogen-bond acceptors (Lipinski definition) is 4. The zero-order valence-corrected chi connectivity index (χ0v) is 11.0. The fourth-order valence-electron chi connectivity index (χ4n) is 1.10. The summed E-state index contributed by atoms with van der Waals surface area (Å²) in [6.07, 6.45) is 1.58. The molecule has 1 N–H and O–H groups in total. The highest BCUT2D eigenvalue weighted by atomic mass is 16.5. The van der Waals surface area contributed by atoms with Crippen molar-refractivity contribution in [1.82, 2.24) is 5.32 Å². The van der Waals surface area contributed by atoms with Gasteiger partial charge in [0.15, 0.2) is 0 Å². The average molecular weight is 245 g/mol. The lowest BCUT2D eigenvalue weighted by Crippen LogP contribution is -2.40. The maximum absolute atomic E-state index is 11.4. The lowest BCUT2D eigenvalue weighted by Gasteiger charge is -2.20. The highest BCUT2D eigenvalue weighted by Crippen LogP contribution is 1.99. The van der Waals surface area contributed by atoms with Crippen molar-refractivity contribution < 1.29 is 19.1 Å². The lowest BCUT2D eigenvalue weighted by atomic mass is 10.1. The lowest BCUT2D eigenvalue weighted by molar-refractivity contribution is -0.123. The van der Waals surface area contributed by atoms with Crippen molar-refractivity contribution in [1.29, 1.82) is 0 Å². The molecule has 1 amide bonds. The van der Waals surface area contributed by atoms with Crippen LogP contribution < -0.4 is 5.32 Å². The van der Waals surface area contributed by atoms with E-state index in [0.29, 0.717) is 39.3 Å². The van der Waals surface area contributed by atoms with E-state index in [9.17, 15) is 9.59 Å². The predicted octanol–water partition coefficient (Wildman–Crippen LogP) is 0.913. The van der Waals surface area contributed by atoms with Crippen LogP contribution in [-0.4, -0.2) is 44.2 Å². The first-order chi connectivity index (χ1) is 7.95. The molecule has 0 spiro atoms. The average Bonchev–Trinajstić information content (AvgIpc) is 2.19. The molecule has 0 unspecified atom stereocenters. The van der Waals surface area contributed by atoms with E-state index in [2.05, 4.69) is 5.32 Å². The molecule has 0 atom stereocenters. The van der Waals surface area contributed by atoms with Gasteiger partial charge in [0, 0.05) is 18.4 Å². The summed E-state index contributed by atoms with van der Waals surface area (Å²) in [7, 11) is 0. The van der Waals surface area contributed by atoms with Crippen molar-refractivity contribution in [3.63, 3.8) is 0 Å². The summed E-state index contributed by atoms with van der Waals surface area (Å²) >= 11 is 0. The second kappa shape index (κ2) is 9.13. The third-order valence-corrected chi connectivity index (χ3v) is 1.74. The second-order valence-electron chi connectivity index (χ2n) is 4.73. The Kier molecular flexibility index (Phi) is 8.62. The number of amides is 1. The van der Waals surface area contributed by atoms with Gasteiger partial charge >= 0.3 is 0 Å². The largest absolute Gasteiger partial charge is 0.379 e. The molecule has 5 heteroatoms. The van der Waals surface area contributed by atoms with E-state index >= 15 is 0 Å². The Hall–Kier alpha value is -0.940. The third-order valence-electron chi connectivity index (χ3n) is 1.74. The number of hydrogen-bond donors (Lipinski definition) is 1. The van der Waals surface area contributed by atoms with Gasteiger partial charge < -0.3 is 19.6 Å². The van der Waals surface area contributed by atoms with Gasteiger partial charge in [-0.25, -0.2) is 0 Å². The topological polar surface area (TPSA) is 64.6 Å². The van der Waals surface area contributed by atoms with Gasteiger partial charge in [0.05, 0.1) is 26.4 Å². The van der Waals surface area contributed by atoms with Crippen molar-refractivity contribution >= 4 is 12.2 Å². The third kappa shape index (κ3) is 13.0. The Morgan fingerprint density at radius 2 is 1.71 bits per heavy atom. The minimum Gasteiger partial charge on any atom is -0.379 e. The maximum Gasteiger partial charge on any atom is 0.222 e. The van der Waals surface area contributed by atoms with E-state index in [-0.39, 0.29) is 11.4 Å². The standard InChI is InChI=1S/C12H23NO4/c1-12(2,3)13-11(15)5-8-17-10-9-16-7-4-6-14/h6H,4-5,7-10H2,1-3H3,(H,13,15). The summed E-state index contributed by atoms with van der Waals surface area (Å²) in [5.74, 6) is -0.0145. The summed E-state index contributed by atoms with van der Waals surface area (Å²) in [5, 5.41) is 2.85. The highest BCUT2D eigenvalue weighted by molar-refractivity contribution is 5.76. The number of carbonyl (C=O) groups excluding carboxylic acids is 2. The molecule has 0 saturated carbocycles. The summed E-state index contributed by atoms with van der Waals surface area (Å²) < 4.78 is 10.3. The van der Waals surface area contributed by atoms with Gasteiger partial charge in [-0.15, -0.1) is 0 Å². The Morgan fingerprint density at radius 1 is 1.12 bits per heavy atom. The Bertz CT molecular complexity index is 223. The van der Waals surface area contributed by atoms with Crippen molar-refractivity contribution in [2.75, 3.05) is 26.4 Å². The first-order valence-electron chi connectivity index (χ1n) is 5.86. The van der Waals surface area contributed by atoms with E-state index in [1.54, 1.807) is 0 Å². The Balaban J connectivity index is 3.28. The SMILES string of the molecule is CC(C)(C)NC(=O)CCOCCOCCC=O. The highest BCUT2D eigenvalue weighted by Gasteiger charge is 2.12. The molecule has 0 aliphatic heterocycles. The van der Waals surface area contributed by atoms with Crippen molar-refractivity contribution in [3.8, 4) is 0 Å². The minimum atomic E-state index is -0.199. The summed E-state index contributed by atoms with van der Waals surface area (Å²) in [5.41, 5.74) is -0.199. The van der Waals surface area contributed by atoms with Gasteiger partial charge in [-0.3, -0.25) is 4.79 Å². The van der Waals surface area contributed by atoms with Crippen LogP contribution in [0.1, 0.15) is 33.6 Å². The van der Waals surface area contributed by atoms with Crippen molar-refractivity contribution in [3.05, 3.63) is 0 Å². The molecule has 5 nitrogen and oxygen atoms in total. The van der Waals surface area contributed by atoms with Gasteiger partial charge in [0.2, 0.25) is 5.91 Å². The molecule has 0 aliphatic carbocycles. The van der Waals surface area contributed by atoms with Crippen molar-refractivity contribution in [2.45, 2.75) is 39.2 Å². The van der Waals surface area contributed by atoms with E-state index < -0.39 is 0 Å². The molecular weight excluding hydrogens is 222 g/mol. The van der Waals surface area contributed by atoms with Crippen LogP contribution in [0.15, 0.2) is 0 Å². The number of carbonyl (C=O) groups is 2. The maximum atomic E-state index is 11.4. The van der Waals surface area contributed by atoms with Crippen LogP contribution >= 0.6 is 0 Å². The summed E-state index contributed by atoms with van der Waals surface area (Å²) in [4.78, 5) is 21.3. The molecule has 100 valence electrons. The van der Waals surface area contributed by atoms with Crippen LogP contribution in [0.3, 0.4) is 0 Å². The molecule has 0 aromatic rings. The van der Waals surface area contributed by atoms with Crippen LogP contribution in [0.5, 0.6) is 0 Å². The Labute approximate surface area is 103 Å². The van der Waals surface area contributed by atoms with Crippen molar-refractivity contribution in [2.24, 2.45) is 0 Å². The Morgan fingerprint density at radius 3 is 2.24 bits per heavy atom. The molecule has 0 fully saturated rings. The van der Waals surface area contributed by atoms with Crippen LogP contribution in [0.4, 0.5) is 0 Å². The van der Waals surface area contributed by atoms with E-state index in [1.807, 2.05) is 20.8 Å².